The number of carbonyl (C=O) groups excluding carboxylic acids is 5. The molecule has 0 aliphatic carbocycles. The Morgan fingerprint density at radius 2 is 0.817 bits per heavy atom. The summed E-state index contributed by atoms with van der Waals surface area (Å²) in [7, 11) is 0. The average molecular weight is 1110 g/mol. The lowest BCUT2D eigenvalue weighted by atomic mass is 9.95. The van der Waals surface area contributed by atoms with Crippen LogP contribution < -0.4 is 10.6 Å². The van der Waals surface area contributed by atoms with E-state index in [-0.39, 0.29) is 55.3 Å². The van der Waals surface area contributed by atoms with Gasteiger partial charge < -0.3 is 58.0 Å². The van der Waals surface area contributed by atoms with E-state index in [0.29, 0.717) is 0 Å². The van der Waals surface area contributed by atoms with E-state index in [1.807, 2.05) is 91.0 Å². The molecular formula is C65H62N2O15. The van der Waals surface area contributed by atoms with Crippen molar-refractivity contribution in [1.82, 2.24) is 10.6 Å². The topological polar surface area (TPSA) is 202 Å². The van der Waals surface area contributed by atoms with Gasteiger partial charge in [0.05, 0.1) is 55.3 Å². The quantitative estimate of drug-likeness (QED) is 0.0329. The molecule has 2 aliphatic heterocycles. The normalized spacial score (nSPS) is 22.1. The zero-order valence-corrected chi connectivity index (χ0v) is 44.6. The summed E-state index contributed by atoms with van der Waals surface area (Å²) in [5.74, 6) is -3.49. The molecule has 2 heterocycles. The first-order valence-electron chi connectivity index (χ1n) is 26.7. The van der Waals surface area contributed by atoms with E-state index in [1.54, 1.807) is 84.9 Å². The van der Waals surface area contributed by atoms with Gasteiger partial charge in [-0.05, 0) is 65.2 Å². The zero-order valence-electron chi connectivity index (χ0n) is 44.6. The molecule has 0 bridgehead atoms. The molecule has 10 atom stereocenters. The van der Waals surface area contributed by atoms with Crippen LogP contribution in [0.1, 0.15) is 58.1 Å². The van der Waals surface area contributed by atoms with Gasteiger partial charge in [-0.15, -0.1) is 6.58 Å². The standard InChI is InChI=1S/C65H62N2O15/c1-2-38-74-64-53(56(76-41-46-28-14-5-15-29-46)54(75-40-45-26-12-4-13-27-45)51(79-64)42-73-39-44-24-10-3-11-25-44)66-65(72)67-59-58(82-63(71)50-36-22-9-23-37-50)57(81-62(70)49-34-20-8-21-35-49)55(80-61(69)48-32-18-7-19-33-48)52(78-59)43-77-60(68)47-30-16-6-17-31-47/h2-37,51-59,64H,1,38-43H2,(H2,66,67,72)/t51-,52-,53+,54-,55-,56-,57+,58+,59-,64-/m1/s1. The van der Waals surface area contributed by atoms with E-state index in [1.165, 1.54) is 42.5 Å². The van der Waals surface area contributed by atoms with Crippen LogP contribution in [0.4, 0.5) is 4.79 Å². The molecule has 2 saturated heterocycles. The molecule has 422 valence electrons. The molecule has 0 radical (unpaired) electrons. The average Bonchev–Trinajstić information content (AvgIpc) is 3.66. The molecule has 7 aromatic rings. The minimum absolute atomic E-state index is 0.0200. The molecule has 2 aliphatic rings. The van der Waals surface area contributed by atoms with Gasteiger partial charge in [-0.2, -0.15) is 0 Å². The van der Waals surface area contributed by atoms with Gasteiger partial charge in [0, 0.05) is 0 Å². The van der Waals surface area contributed by atoms with E-state index >= 15 is 4.79 Å². The van der Waals surface area contributed by atoms with Gasteiger partial charge in [-0.1, -0.05) is 170 Å². The highest BCUT2D eigenvalue weighted by Gasteiger charge is 2.55. The fourth-order valence-corrected chi connectivity index (χ4v) is 9.30. The minimum atomic E-state index is -1.78. The SMILES string of the molecule is C=CCO[C@@H]1O[C@H](COCc2ccccc2)[C@@H](OCc2ccccc2)[C@H](OCc2ccccc2)[C@@H]1NC(=O)N[C@@H]1O[C@H](COC(=O)c2ccccc2)[C@@H](OC(=O)c2ccccc2)[C@H](OC(=O)c2ccccc2)[C@@H]1OC(=O)c1ccccc1. The first-order chi connectivity index (χ1) is 40.2. The Morgan fingerprint density at radius 3 is 1.29 bits per heavy atom. The van der Waals surface area contributed by atoms with Crippen LogP contribution in [-0.2, 0) is 67.2 Å². The van der Waals surface area contributed by atoms with E-state index < -0.39 is 97.8 Å². The van der Waals surface area contributed by atoms with E-state index in [2.05, 4.69) is 17.2 Å². The second kappa shape index (κ2) is 29.6. The van der Waals surface area contributed by atoms with Crippen molar-refractivity contribution in [2.75, 3.05) is 19.8 Å². The molecule has 2 N–H and O–H groups in total. The predicted octanol–water partition coefficient (Wildman–Crippen LogP) is 9.23. The van der Waals surface area contributed by atoms with E-state index in [4.69, 9.17) is 47.4 Å². The molecule has 17 heteroatoms. The second-order valence-electron chi connectivity index (χ2n) is 19.1. The van der Waals surface area contributed by atoms with Crippen LogP contribution in [0.2, 0.25) is 0 Å². The Kier molecular flexibility index (Phi) is 20.9. The van der Waals surface area contributed by atoms with Gasteiger partial charge in [0.25, 0.3) is 0 Å². The molecule has 0 spiro atoms. The van der Waals surface area contributed by atoms with Crippen LogP contribution in [0.25, 0.3) is 0 Å². The molecule has 0 saturated carbocycles. The first-order valence-corrected chi connectivity index (χ1v) is 26.7. The van der Waals surface area contributed by atoms with E-state index in [0.717, 1.165) is 16.7 Å². The Morgan fingerprint density at radius 1 is 0.415 bits per heavy atom. The number of amides is 2. The minimum Gasteiger partial charge on any atom is -0.459 e. The summed E-state index contributed by atoms with van der Waals surface area (Å²) in [4.78, 5) is 71.6. The van der Waals surface area contributed by atoms with Crippen molar-refractivity contribution in [3.8, 4) is 0 Å². The number of hydrogen-bond acceptors (Lipinski definition) is 15. The monoisotopic (exact) mass is 1110 g/mol. The summed E-state index contributed by atoms with van der Waals surface area (Å²) in [6, 6.07) is 58.5. The summed E-state index contributed by atoms with van der Waals surface area (Å²) in [6.45, 7) is 3.66. The predicted molar refractivity (Wildman–Crippen MR) is 299 cm³/mol. The van der Waals surface area contributed by atoms with Gasteiger partial charge in [-0.25, -0.2) is 24.0 Å². The highest BCUT2D eigenvalue weighted by molar-refractivity contribution is 5.92. The summed E-state index contributed by atoms with van der Waals surface area (Å²) in [5.41, 5.74) is 3.06. The van der Waals surface area contributed by atoms with Crippen molar-refractivity contribution in [2.45, 2.75) is 81.1 Å². The van der Waals surface area contributed by atoms with Crippen LogP contribution in [0.3, 0.4) is 0 Å². The number of ether oxygens (including phenoxy) is 10. The number of benzene rings is 7. The first kappa shape index (κ1) is 57.9. The number of rotatable bonds is 24. The number of carbonyl (C=O) groups is 5. The van der Waals surface area contributed by atoms with Crippen molar-refractivity contribution in [3.05, 3.63) is 264 Å². The van der Waals surface area contributed by atoms with Gasteiger partial charge >= 0.3 is 29.9 Å². The van der Waals surface area contributed by atoms with Crippen molar-refractivity contribution in [3.63, 3.8) is 0 Å². The van der Waals surface area contributed by atoms with Crippen LogP contribution in [-0.4, -0.2) is 111 Å². The molecule has 0 aromatic heterocycles. The molecular weight excluding hydrogens is 1050 g/mol. The second-order valence-corrected chi connectivity index (χ2v) is 19.1. The maximum Gasteiger partial charge on any atom is 0.338 e. The molecule has 82 heavy (non-hydrogen) atoms. The Balaban J connectivity index is 1.09. The van der Waals surface area contributed by atoms with Crippen LogP contribution in [0, 0.1) is 0 Å². The molecule has 0 unspecified atom stereocenters. The maximum absolute atomic E-state index is 15.2. The molecule has 9 rings (SSSR count). The van der Waals surface area contributed by atoms with Gasteiger partial charge in [0.1, 0.15) is 37.1 Å². The Hall–Kier alpha value is -8.81. The fraction of sp³-hybridized carbons (Fsp3) is 0.246. The smallest absolute Gasteiger partial charge is 0.338 e. The molecule has 17 nitrogen and oxygen atoms in total. The third-order valence-electron chi connectivity index (χ3n) is 13.3. The van der Waals surface area contributed by atoms with Crippen LogP contribution in [0.5, 0.6) is 0 Å². The fourth-order valence-electron chi connectivity index (χ4n) is 9.30. The van der Waals surface area contributed by atoms with Crippen LogP contribution >= 0.6 is 0 Å². The maximum atomic E-state index is 15.2. The number of urea groups is 1. The van der Waals surface area contributed by atoms with Gasteiger partial charge in [0.15, 0.2) is 30.8 Å². The lowest BCUT2D eigenvalue weighted by Gasteiger charge is -2.47. The Labute approximate surface area is 475 Å². The van der Waals surface area contributed by atoms with Crippen molar-refractivity contribution in [1.29, 1.82) is 0 Å². The van der Waals surface area contributed by atoms with Crippen molar-refractivity contribution in [2.24, 2.45) is 0 Å². The molecule has 7 aromatic carbocycles. The van der Waals surface area contributed by atoms with Gasteiger partial charge in [-0.3, -0.25) is 0 Å². The highest BCUT2D eigenvalue weighted by Crippen LogP contribution is 2.33. The highest BCUT2D eigenvalue weighted by atomic mass is 16.7. The van der Waals surface area contributed by atoms with Crippen molar-refractivity contribution >= 4 is 29.9 Å². The summed E-state index contributed by atoms with van der Waals surface area (Å²) in [6.07, 6.45) is -11.0. The molecule has 2 fully saturated rings. The number of esters is 4. The number of nitrogens with one attached hydrogen (secondary N) is 2. The van der Waals surface area contributed by atoms with Gasteiger partial charge in [0.2, 0.25) is 0 Å². The lowest BCUT2D eigenvalue weighted by Crippen LogP contribution is -2.70. The summed E-state index contributed by atoms with van der Waals surface area (Å²) < 4.78 is 64.1. The number of hydrogen-bond donors (Lipinski definition) is 2. The largest absolute Gasteiger partial charge is 0.459 e. The summed E-state index contributed by atoms with van der Waals surface area (Å²) >= 11 is 0. The zero-order chi connectivity index (χ0) is 56.9. The lowest BCUT2D eigenvalue weighted by molar-refractivity contribution is -0.287. The van der Waals surface area contributed by atoms with E-state index in [9.17, 15) is 19.2 Å². The summed E-state index contributed by atoms with van der Waals surface area (Å²) in [5, 5.41) is 5.81. The molecule has 2 amide bonds. The Bertz CT molecular complexity index is 3130. The third-order valence-corrected chi connectivity index (χ3v) is 13.3. The van der Waals surface area contributed by atoms with Crippen molar-refractivity contribution < 1.29 is 71.3 Å². The third kappa shape index (κ3) is 16.0. The van der Waals surface area contributed by atoms with Crippen LogP contribution in [0.15, 0.2) is 225 Å².